The number of aromatic nitrogens is 1. The van der Waals surface area contributed by atoms with Gasteiger partial charge in [-0.15, -0.1) is 0 Å². The first-order valence-corrected chi connectivity index (χ1v) is 4.94. The molecule has 0 atom stereocenters. The first-order chi connectivity index (χ1) is 7.10. The minimum atomic E-state index is -0.389. The van der Waals surface area contributed by atoms with Crippen LogP contribution >= 0.6 is 0 Å². The number of hydrogen-bond acceptors (Lipinski definition) is 3. The lowest BCUT2D eigenvalue weighted by atomic mass is 10.3. The molecule has 0 fully saturated rings. The molecular weight excluding hydrogens is 194 g/mol. The Morgan fingerprint density at radius 3 is 2.67 bits per heavy atom. The second-order valence-electron chi connectivity index (χ2n) is 3.49. The van der Waals surface area contributed by atoms with E-state index >= 15 is 0 Å². The summed E-state index contributed by atoms with van der Waals surface area (Å²) in [5, 5.41) is 0. The normalized spacial score (nSPS) is 10.4. The molecule has 0 aliphatic carbocycles. The molecule has 4 nitrogen and oxygen atoms in total. The van der Waals surface area contributed by atoms with Crippen molar-refractivity contribution in [3.05, 3.63) is 23.5 Å². The maximum atomic E-state index is 11.4. The first-order valence-electron chi connectivity index (χ1n) is 4.94. The fourth-order valence-corrected chi connectivity index (χ4v) is 1.36. The predicted molar refractivity (Wildman–Crippen MR) is 56.2 cm³/mol. The number of aldehydes is 1. The van der Waals surface area contributed by atoms with Crippen LogP contribution < -0.4 is 0 Å². The summed E-state index contributed by atoms with van der Waals surface area (Å²) in [6.45, 7) is 5.98. The minimum Gasteiger partial charge on any atom is -0.462 e. The maximum absolute atomic E-state index is 11.4. The molecule has 4 heteroatoms. The molecule has 0 spiro atoms. The molecule has 0 saturated heterocycles. The third-order valence-electron chi connectivity index (χ3n) is 2.07. The van der Waals surface area contributed by atoms with E-state index in [9.17, 15) is 9.59 Å². The molecule has 0 N–H and O–H groups in total. The summed E-state index contributed by atoms with van der Waals surface area (Å²) in [4.78, 5) is 22.1. The van der Waals surface area contributed by atoms with Gasteiger partial charge in [-0.2, -0.15) is 0 Å². The number of ether oxygens (including phenoxy) is 1. The number of carbonyl (C=O) groups excluding carboxylic acids is 2. The standard InChI is InChI=1S/C11H15NO3/c1-4-15-11(14)9-5-10(7-13)12(6-9)8(2)3/h5-8H,4H2,1-3H3. The van der Waals surface area contributed by atoms with Gasteiger partial charge >= 0.3 is 5.97 Å². The first kappa shape index (κ1) is 11.5. The molecule has 0 bridgehead atoms. The maximum Gasteiger partial charge on any atom is 0.339 e. The van der Waals surface area contributed by atoms with Crippen molar-refractivity contribution in [2.24, 2.45) is 0 Å². The van der Waals surface area contributed by atoms with E-state index in [-0.39, 0.29) is 12.0 Å². The van der Waals surface area contributed by atoms with Crippen molar-refractivity contribution in [3.8, 4) is 0 Å². The predicted octanol–water partition coefficient (Wildman–Crippen LogP) is 2.06. The summed E-state index contributed by atoms with van der Waals surface area (Å²) < 4.78 is 6.60. The lowest BCUT2D eigenvalue weighted by Gasteiger charge is -2.08. The highest BCUT2D eigenvalue weighted by Crippen LogP contribution is 2.14. The van der Waals surface area contributed by atoms with Gasteiger partial charge in [-0.05, 0) is 26.8 Å². The quantitative estimate of drug-likeness (QED) is 0.563. The van der Waals surface area contributed by atoms with Gasteiger partial charge in [-0.3, -0.25) is 4.79 Å². The average Bonchev–Trinajstić information content (AvgIpc) is 2.61. The topological polar surface area (TPSA) is 48.3 Å². The van der Waals surface area contributed by atoms with Crippen LogP contribution in [0, 0.1) is 0 Å². The van der Waals surface area contributed by atoms with Crippen molar-refractivity contribution in [2.45, 2.75) is 26.8 Å². The van der Waals surface area contributed by atoms with Gasteiger partial charge in [-0.25, -0.2) is 4.79 Å². The molecular formula is C11H15NO3. The molecule has 1 heterocycles. The lowest BCUT2D eigenvalue weighted by molar-refractivity contribution is 0.0526. The third kappa shape index (κ3) is 2.46. The summed E-state index contributed by atoms with van der Waals surface area (Å²) in [5.41, 5.74) is 0.917. The Balaban J connectivity index is 3.02. The average molecular weight is 209 g/mol. The Bertz CT molecular complexity index is 366. The Kier molecular flexibility index (Phi) is 3.66. The number of nitrogens with zero attached hydrogens (tertiary/aromatic N) is 1. The van der Waals surface area contributed by atoms with Crippen LogP contribution in [-0.2, 0) is 4.74 Å². The zero-order valence-corrected chi connectivity index (χ0v) is 9.19. The number of rotatable bonds is 4. The van der Waals surface area contributed by atoms with Crippen LogP contribution in [0.4, 0.5) is 0 Å². The molecule has 0 amide bonds. The lowest BCUT2D eigenvalue weighted by Crippen LogP contribution is -2.04. The minimum absolute atomic E-state index is 0.147. The fourth-order valence-electron chi connectivity index (χ4n) is 1.36. The number of esters is 1. The Morgan fingerprint density at radius 2 is 2.27 bits per heavy atom. The zero-order chi connectivity index (χ0) is 11.4. The largest absolute Gasteiger partial charge is 0.462 e. The van der Waals surface area contributed by atoms with Gasteiger partial charge in [0.15, 0.2) is 6.29 Å². The van der Waals surface area contributed by atoms with Crippen LogP contribution in [0.5, 0.6) is 0 Å². The van der Waals surface area contributed by atoms with Gasteiger partial charge in [0, 0.05) is 12.2 Å². The van der Waals surface area contributed by atoms with Crippen LogP contribution in [-0.4, -0.2) is 23.4 Å². The van der Waals surface area contributed by atoms with Crippen LogP contribution in [0.2, 0.25) is 0 Å². The Labute approximate surface area is 88.8 Å². The van der Waals surface area contributed by atoms with Gasteiger partial charge < -0.3 is 9.30 Å². The molecule has 15 heavy (non-hydrogen) atoms. The molecule has 1 aromatic heterocycles. The fraction of sp³-hybridized carbons (Fsp3) is 0.455. The summed E-state index contributed by atoms with van der Waals surface area (Å²) in [6, 6.07) is 1.69. The summed E-state index contributed by atoms with van der Waals surface area (Å²) in [5.74, 6) is -0.389. The van der Waals surface area contributed by atoms with E-state index in [1.165, 1.54) is 0 Å². The van der Waals surface area contributed by atoms with Crippen molar-refractivity contribution in [2.75, 3.05) is 6.61 Å². The van der Waals surface area contributed by atoms with Crippen molar-refractivity contribution in [3.63, 3.8) is 0 Å². The molecule has 0 saturated carbocycles. The molecule has 0 aliphatic rings. The van der Waals surface area contributed by atoms with Gasteiger partial charge in [0.05, 0.1) is 17.9 Å². The summed E-state index contributed by atoms with van der Waals surface area (Å²) >= 11 is 0. The van der Waals surface area contributed by atoms with E-state index in [4.69, 9.17) is 4.74 Å². The van der Waals surface area contributed by atoms with Crippen molar-refractivity contribution in [1.82, 2.24) is 4.57 Å². The van der Waals surface area contributed by atoms with E-state index in [1.807, 2.05) is 13.8 Å². The van der Waals surface area contributed by atoms with Crippen LogP contribution in [0.1, 0.15) is 47.7 Å². The highest BCUT2D eigenvalue weighted by atomic mass is 16.5. The molecule has 1 aromatic rings. The van der Waals surface area contributed by atoms with Gasteiger partial charge in [0.2, 0.25) is 0 Å². The molecule has 0 radical (unpaired) electrons. The third-order valence-corrected chi connectivity index (χ3v) is 2.07. The highest BCUT2D eigenvalue weighted by Gasteiger charge is 2.13. The molecule has 0 aromatic carbocycles. The molecule has 0 unspecified atom stereocenters. The van der Waals surface area contributed by atoms with Crippen molar-refractivity contribution in [1.29, 1.82) is 0 Å². The number of carbonyl (C=O) groups is 2. The zero-order valence-electron chi connectivity index (χ0n) is 9.19. The van der Waals surface area contributed by atoms with Crippen molar-refractivity contribution >= 4 is 12.3 Å². The van der Waals surface area contributed by atoms with Crippen molar-refractivity contribution < 1.29 is 14.3 Å². The van der Waals surface area contributed by atoms with E-state index in [2.05, 4.69) is 0 Å². The smallest absolute Gasteiger partial charge is 0.339 e. The number of hydrogen-bond donors (Lipinski definition) is 0. The second kappa shape index (κ2) is 4.77. The Morgan fingerprint density at radius 1 is 1.60 bits per heavy atom. The van der Waals surface area contributed by atoms with Crippen LogP contribution in [0.25, 0.3) is 0 Å². The van der Waals surface area contributed by atoms with Crippen LogP contribution in [0.15, 0.2) is 12.3 Å². The van der Waals surface area contributed by atoms with E-state index in [1.54, 1.807) is 23.8 Å². The highest BCUT2D eigenvalue weighted by molar-refractivity contribution is 5.91. The Hall–Kier alpha value is -1.58. The van der Waals surface area contributed by atoms with E-state index in [0.29, 0.717) is 17.9 Å². The summed E-state index contributed by atoms with van der Waals surface area (Å²) in [7, 11) is 0. The van der Waals surface area contributed by atoms with Crippen LogP contribution in [0.3, 0.4) is 0 Å². The van der Waals surface area contributed by atoms with Gasteiger partial charge in [0.25, 0.3) is 0 Å². The monoisotopic (exact) mass is 209 g/mol. The molecule has 0 aliphatic heterocycles. The molecule has 82 valence electrons. The van der Waals surface area contributed by atoms with Gasteiger partial charge in [-0.1, -0.05) is 0 Å². The van der Waals surface area contributed by atoms with E-state index < -0.39 is 0 Å². The SMILES string of the molecule is CCOC(=O)c1cc(C=O)n(C(C)C)c1. The summed E-state index contributed by atoms with van der Waals surface area (Å²) in [6.07, 6.45) is 2.38. The van der Waals surface area contributed by atoms with E-state index in [0.717, 1.165) is 6.29 Å². The van der Waals surface area contributed by atoms with Gasteiger partial charge in [0.1, 0.15) is 0 Å². The molecule has 1 rings (SSSR count). The second-order valence-corrected chi connectivity index (χ2v) is 3.49.